The highest BCUT2D eigenvalue weighted by molar-refractivity contribution is 9.10. The average Bonchev–Trinajstić information content (AvgIpc) is 2.18. The third kappa shape index (κ3) is 4.25. The maximum Gasteiger partial charge on any atom is 0.174 e. The summed E-state index contributed by atoms with van der Waals surface area (Å²) in [6.45, 7) is 3.30. The van der Waals surface area contributed by atoms with E-state index in [-0.39, 0.29) is 11.9 Å². The molecule has 1 atom stereocenters. The van der Waals surface area contributed by atoms with Gasteiger partial charge in [0.1, 0.15) is 12.3 Å². The zero-order chi connectivity index (χ0) is 11.3. The number of hydrogen-bond donors (Lipinski definition) is 0. The summed E-state index contributed by atoms with van der Waals surface area (Å²) in [5.41, 5.74) is 1.01. The van der Waals surface area contributed by atoms with Crippen LogP contribution in [0.5, 0.6) is 0 Å². The van der Waals surface area contributed by atoms with Crippen molar-refractivity contribution in [2.24, 2.45) is 5.16 Å². The SMILES string of the molecule is CC(=O)C=NOC(C)c1ccc(Br)cc1. The first-order chi connectivity index (χ1) is 7.09. The molecule has 15 heavy (non-hydrogen) atoms. The molecule has 4 heteroatoms. The Morgan fingerprint density at radius 2 is 2.07 bits per heavy atom. The van der Waals surface area contributed by atoms with E-state index in [0.717, 1.165) is 16.3 Å². The molecule has 1 rings (SSSR count). The van der Waals surface area contributed by atoms with Crippen LogP contribution >= 0.6 is 15.9 Å². The molecule has 0 heterocycles. The molecule has 1 aromatic rings. The fourth-order valence-corrected chi connectivity index (χ4v) is 1.25. The number of benzene rings is 1. The normalized spacial score (nSPS) is 12.7. The fourth-order valence-electron chi connectivity index (χ4n) is 0.991. The van der Waals surface area contributed by atoms with Crippen LogP contribution in [-0.4, -0.2) is 12.0 Å². The molecular formula is C11H12BrNO2. The third-order valence-electron chi connectivity index (χ3n) is 1.79. The number of oxime groups is 1. The zero-order valence-corrected chi connectivity index (χ0v) is 10.2. The molecule has 0 aliphatic carbocycles. The van der Waals surface area contributed by atoms with Gasteiger partial charge in [-0.2, -0.15) is 0 Å². The van der Waals surface area contributed by atoms with Gasteiger partial charge in [-0.25, -0.2) is 0 Å². The van der Waals surface area contributed by atoms with E-state index in [1.165, 1.54) is 6.92 Å². The van der Waals surface area contributed by atoms with Crippen LogP contribution in [-0.2, 0) is 9.63 Å². The van der Waals surface area contributed by atoms with E-state index in [2.05, 4.69) is 21.1 Å². The first kappa shape index (κ1) is 11.9. The minimum absolute atomic E-state index is 0.127. The second kappa shape index (κ2) is 5.66. The van der Waals surface area contributed by atoms with E-state index >= 15 is 0 Å². The molecule has 0 saturated carbocycles. The van der Waals surface area contributed by atoms with Crippen LogP contribution in [0.1, 0.15) is 25.5 Å². The van der Waals surface area contributed by atoms with E-state index in [1.807, 2.05) is 31.2 Å². The lowest BCUT2D eigenvalue weighted by atomic mass is 10.1. The van der Waals surface area contributed by atoms with Crippen LogP contribution in [0, 0.1) is 0 Å². The molecule has 0 aliphatic heterocycles. The van der Waals surface area contributed by atoms with Gasteiger partial charge in [0.15, 0.2) is 5.78 Å². The third-order valence-corrected chi connectivity index (χ3v) is 2.32. The van der Waals surface area contributed by atoms with Crippen molar-refractivity contribution in [3.05, 3.63) is 34.3 Å². The van der Waals surface area contributed by atoms with Crippen molar-refractivity contribution in [2.45, 2.75) is 20.0 Å². The molecule has 1 unspecified atom stereocenters. The van der Waals surface area contributed by atoms with Gasteiger partial charge in [-0.05, 0) is 24.6 Å². The molecule has 0 N–H and O–H groups in total. The van der Waals surface area contributed by atoms with Crippen molar-refractivity contribution in [3.8, 4) is 0 Å². The standard InChI is InChI=1S/C11H12BrNO2/c1-8(14)7-13-15-9(2)10-3-5-11(12)6-4-10/h3-7,9H,1-2H3. The van der Waals surface area contributed by atoms with Gasteiger partial charge in [-0.15, -0.1) is 0 Å². The lowest BCUT2D eigenvalue weighted by molar-refractivity contribution is -0.110. The van der Waals surface area contributed by atoms with Crippen molar-refractivity contribution in [3.63, 3.8) is 0 Å². The number of nitrogens with zero attached hydrogens (tertiary/aromatic N) is 1. The highest BCUT2D eigenvalue weighted by Gasteiger charge is 2.04. The molecule has 0 spiro atoms. The van der Waals surface area contributed by atoms with Crippen LogP contribution < -0.4 is 0 Å². The number of carbonyl (C=O) groups excluding carboxylic acids is 1. The Kier molecular flexibility index (Phi) is 4.49. The number of carbonyl (C=O) groups is 1. The van der Waals surface area contributed by atoms with Crippen molar-refractivity contribution in [1.29, 1.82) is 0 Å². The molecule has 0 bridgehead atoms. The molecule has 0 fully saturated rings. The summed E-state index contributed by atoms with van der Waals surface area (Å²) in [4.78, 5) is 15.7. The largest absolute Gasteiger partial charge is 0.388 e. The Morgan fingerprint density at radius 3 is 2.60 bits per heavy atom. The van der Waals surface area contributed by atoms with Gasteiger partial charge in [0, 0.05) is 11.4 Å². The van der Waals surface area contributed by atoms with Crippen LogP contribution in [0.2, 0.25) is 0 Å². The Balaban J connectivity index is 2.57. The van der Waals surface area contributed by atoms with Crippen LogP contribution in [0.15, 0.2) is 33.9 Å². The predicted octanol–water partition coefficient (Wildman–Crippen LogP) is 3.10. The number of halogens is 1. The summed E-state index contributed by atoms with van der Waals surface area (Å²) < 4.78 is 1.02. The van der Waals surface area contributed by atoms with E-state index in [0.29, 0.717) is 0 Å². The van der Waals surface area contributed by atoms with Crippen molar-refractivity contribution in [1.82, 2.24) is 0 Å². The second-order valence-corrected chi connectivity index (χ2v) is 4.06. The summed E-state index contributed by atoms with van der Waals surface area (Å²) in [6.07, 6.45) is 1.00. The van der Waals surface area contributed by atoms with Crippen molar-refractivity contribution >= 4 is 27.9 Å². The minimum atomic E-state index is -0.159. The first-order valence-corrected chi connectivity index (χ1v) is 5.34. The Labute approximate surface area is 97.2 Å². The number of Topliss-reactive ketones (excluding diaryl/α,β-unsaturated/α-hetero) is 1. The number of ketones is 1. The van der Waals surface area contributed by atoms with E-state index in [4.69, 9.17) is 4.84 Å². The summed E-state index contributed by atoms with van der Waals surface area (Å²) in [5, 5.41) is 3.58. The second-order valence-electron chi connectivity index (χ2n) is 3.14. The maximum atomic E-state index is 10.6. The molecule has 80 valence electrons. The van der Waals surface area contributed by atoms with Crippen LogP contribution in [0.25, 0.3) is 0 Å². The summed E-state index contributed by atoms with van der Waals surface area (Å²) in [5.74, 6) is -0.127. The maximum absolute atomic E-state index is 10.6. The molecule has 0 aromatic heterocycles. The van der Waals surface area contributed by atoms with Crippen LogP contribution in [0.4, 0.5) is 0 Å². The Bertz CT molecular complexity index is 359. The average molecular weight is 270 g/mol. The number of rotatable bonds is 4. The summed E-state index contributed by atoms with van der Waals surface area (Å²) >= 11 is 3.35. The molecular weight excluding hydrogens is 258 g/mol. The van der Waals surface area contributed by atoms with Gasteiger partial charge >= 0.3 is 0 Å². The van der Waals surface area contributed by atoms with E-state index in [9.17, 15) is 4.79 Å². The van der Waals surface area contributed by atoms with Gasteiger partial charge < -0.3 is 4.84 Å². The van der Waals surface area contributed by atoms with Crippen molar-refractivity contribution < 1.29 is 9.63 Å². The minimum Gasteiger partial charge on any atom is -0.388 e. The monoisotopic (exact) mass is 269 g/mol. The van der Waals surface area contributed by atoms with E-state index < -0.39 is 0 Å². The van der Waals surface area contributed by atoms with Gasteiger partial charge in [-0.1, -0.05) is 33.2 Å². The highest BCUT2D eigenvalue weighted by Crippen LogP contribution is 2.19. The first-order valence-electron chi connectivity index (χ1n) is 4.55. The lowest BCUT2D eigenvalue weighted by Crippen LogP contribution is -1.97. The fraction of sp³-hybridized carbons (Fsp3) is 0.273. The molecule has 1 aromatic carbocycles. The van der Waals surface area contributed by atoms with Gasteiger partial charge in [0.2, 0.25) is 0 Å². The summed E-state index contributed by atoms with van der Waals surface area (Å²) in [7, 11) is 0. The predicted molar refractivity (Wildman–Crippen MR) is 62.8 cm³/mol. The Morgan fingerprint density at radius 1 is 1.47 bits per heavy atom. The molecule has 0 aliphatic rings. The molecule has 3 nitrogen and oxygen atoms in total. The van der Waals surface area contributed by atoms with Gasteiger partial charge in [-0.3, -0.25) is 4.79 Å². The summed E-state index contributed by atoms with van der Waals surface area (Å²) in [6, 6.07) is 7.75. The smallest absolute Gasteiger partial charge is 0.174 e. The number of hydrogen-bond acceptors (Lipinski definition) is 3. The quantitative estimate of drug-likeness (QED) is 0.623. The van der Waals surface area contributed by atoms with Gasteiger partial charge in [0.05, 0.1) is 0 Å². The van der Waals surface area contributed by atoms with Gasteiger partial charge in [0.25, 0.3) is 0 Å². The molecule has 0 amide bonds. The Hall–Kier alpha value is -1.16. The van der Waals surface area contributed by atoms with Crippen molar-refractivity contribution in [2.75, 3.05) is 0 Å². The van der Waals surface area contributed by atoms with Crippen LogP contribution in [0.3, 0.4) is 0 Å². The highest BCUT2D eigenvalue weighted by atomic mass is 79.9. The zero-order valence-electron chi connectivity index (χ0n) is 8.61. The van der Waals surface area contributed by atoms with E-state index in [1.54, 1.807) is 0 Å². The molecule has 0 saturated heterocycles. The lowest BCUT2D eigenvalue weighted by Gasteiger charge is -2.09. The topological polar surface area (TPSA) is 38.7 Å². The molecule has 0 radical (unpaired) electrons.